The first-order valence-corrected chi connectivity index (χ1v) is 6.60. The maximum atomic E-state index is 11.4. The molecule has 1 aromatic carbocycles. The second-order valence-electron chi connectivity index (χ2n) is 3.27. The van der Waals surface area contributed by atoms with Gasteiger partial charge in [-0.3, -0.25) is 0 Å². The van der Waals surface area contributed by atoms with Crippen molar-refractivity contribution in [2.24, 2.45) is 0 Å². The molecule has 15 heavy (non-hydrogen) atoms. The first-order valence-electron chi connectivity index (χ1n) is 4.94. The Morgan fingerprint density at radius 2 is 1.87 bits per heavy atom. The molecule has 0 saturated heterocycles. The van der Waals surface area contributed by atoms with Crippen LogP contribution in [0.25, 0.3) is 0 Å². The van der Waals surface area contributed by atoms with Crippen molar-refractivity contribution in [3.05, 3.63) is 35.9 Å². The van der Waals surface area contributed by atoms with E-state index in [-0.39, 0.29) is 5.75 Å². The fraction of sp³-hybridized carbons (Fsp3) is 0.333. The van der Waals surface area contributed by atoms with Crippen molar-refractivity contribution < 1.29 is 8.42 Å². The molecule has 3 heteroatoms. The van der Waals surface area contributed by atoms with E-state index in [1.54, 1.807) is 12.1 Å². The van der Waals surface area contributed by atoms with Crippen LogP contribution in [0, 0.1) is 11.2 Å². The summed E-state index contributed by atoms with van der Waals surface area (Å²) in [5.74, 6) is 2.81. The molecular weight excluding hydrogens is 208 g/mol. The summed E-state index contributed by atoms with van der Waals surface area (Å²) in [6.07, 6.45) is 1.54. The minimum absolute atomic E-state index is 0.156. The van der Waals surface area contributed by atoms with E-state index in [0.29, 0.717) is 6.42 Å². The standard InChI is InChI=1S/C12H14O2S/c1-2-3-10-15(13,14)11-9-12-7-5-4-6-8-12/h4-8H,2-3,10H2,1H3. The van der Waals surface area contributed by atoms with Gasteiger partial charge in [-0.1, -0.05) is 37.5 Å². The summed E-state index contributed by atoms with van der Waals surface area (Å²) in [7, 11) is -3.20. The Bertz CT molecular complexity index is 449. The Morgan fingerprint density at radius 1 is 1.20 bits per heavy atom. The van der Waals surface area contributed by atoms with Crippen LogP contribution in [-0.2, 0) is 9.84 Å². The van der Waals surface area contributed by atoms with E-state index in [9.17, 15) is 8.42 Å². The predicted molar refractivity (Wildman–Crippen MR) is 62.0 cm³/mol. The van der Waals surface area contributed by atoms with Gasteiger partial charge in [0.05, 0.1) is 5.75 Å². The van der Waals surface area contributed by atoms with Gasteiger partial charge in [-0.05, 0) is 18.6 Å². The average Bonchev–Trinajstić information content (AvgIpc) is 2.25. The molecule has 0 radical (unpaired) electrons. The number of hydrogen-bond acceptors (Lipinski definition) is 2. The molecule has 0 aliphatic rings. The van der Waals surface area contributed by atoms with Crippen LogP contribution in [-0.4, -0.2) is 14.2 Å². The van der Waals surface area contributed by atoms with Crippen LogP contribution in [0.1, 0.15) is 25.3 Å². The molecule has 0 fully saturated rings. The van der Waals surface area contributed by atoms with Gasteiger partial charge in [0.2, 0.25) is 9.84 Å². The SMILES string of the molecule is CCCCS(=O)(=O)C#Cc1ccccc1. The summed E-state index contributed by atoms with van der Waals surface area (Å²) >= 11 is 0. The second kappa shape index (κ2) is 5.57. The van der Waals surface area contributed by atoms with E-state index < -0.39 is 9.84 Å². The topological polar surface area (TPSA) is 34.1 Å². The summed E-state index contributed by atoms with van der Waals surface area (Å²) in [6, 6.07) is 9.13. The molecule has 0 amide bonds. The Kier molecular flexibility index (Phi) is 4.38. The van der Waals surface area contributed by atoms with Crippen molar-refractivity contribution in [2.45, 2.75) is 19.8 Å². The zero-order valence-corrected chi connectivity index (χ0v) is 9.55. The molecular formula is C12H14O2S. The molecule has 0 aliphatic heterocycles. The lowest BCUT2D eigenvalue weighted by atomic mass is 10.2. The van der Waals surface area contributed by atoms with Crippen molar-refractivity contribution in [3.63, 3.8) is 0 Å². The fourth-order valence-electron chi connectivity index (χ4n) is 1.04. The Hall–Kier alpha value is -1.27. The smallest absolute Gasteiger partial charge is 0.215 e. The van der Waals surface area contributed by atoms with Gasteiger partial charge in [0.15, 0.2) is 0 Å². The summed E-state index contributed by atoms with van der Waals surface area (Å²) in [6.45, 7) is 1.96. The zero-order chi connectivity index (χ0) is 11.1. The second-order valence-corrected chi connectivity index (χ2v) is 5.11. The van der Waals surface area contributed by atoms with E-state index in [2.05, 4.69) is 11.2 Å². The van der Waals surface area contributed by atoms with Gasteiger partial charge < -0.3 is 0 Å². The molecule has 2 nitrogen and oxygen atoms in total. The summed E-state index contributed by atoms with van der Waals surface area (Å²) in [5, 5.41) is 2.33. The maximum Gasteiger partial charge on any atom is 0.217 e. The normalized spacial score (nSPS) is 10.5. The van der Waals surface area contributed by atoms with Crippen LogP contribution in [0.2, 0.25) is 0 Å². The Balaban J connectivity index is 2.74. The Morgan fingerprint density at radius 3 is 2.47 bits per heavy atom. The number of hydrogen-bond donors (Lipinski definition) is 0. The summed E-state index contributed by atoms with van der Waals surface area (Å²) in [5.41, 5.74) is 0.734. The number of benzene rings is 1. The van der Waals surface area contributed by atoms with E-state index in [4.69, 9.17) is 0 Å². The molecule has 0 N–H and O–H groups in total. The molecule has 0 saturated carbocycles. The minimum atomic E-state index is -3.20. The summed E-state index contributed by atoms with van der Waals surface area (Å²) in [4.78, 5) is 0. The van der Waals surface area contributed by atoms with Crippen LogP contribution in [0.5, 0.6) is 0 Å². The van der Waals surface area contributed by atoms with Crippen molar-refractivity contribution in [1.82, 2.24) is 0 Å². The van der Waals surface area contributed by atoms with Crippen LogP contribution in [0.15, 0.2) is 30.3 Å². The molecule has 0 heterocycles. The highest BCUT2D eigenvalue weighted by Gasteiger charge is 2.03. The third kappa shape index (κ3) is 4.66. The van der Waals surface area contributed by atoms with Crippen molar-refractivity contribution in [3.8, 4) is 11.2 Å². The molecule has 0 unspecified atom stereocenters. The predicted octanol–water partition coefficient (Wildman–Crippen LogP) is 2.21. The van der Waals surface area contributed by atoms with Crippen LogP contribution >= 0.6 is 0 Å². The number of rotatable bonds is 3. The monoisotopic (exact) mass is 222 g/mol. The van der Waals surface area contributed by atoms with Crippen LogP contribution < -0.4 is 0 Å². The third-order valence-electron chi connectivity index (χ3n) is 1.89. The molecule has 80 valence electrons. The molecule has 0 atom stereocenters. The third-order valence-corrected chi connectivity index (χ3v) is 3.13. The highest BCUT2D eigenvalue weighted by atomic mass is 32.2. The first kappa shape index (κ1) is 11.8. The highest BCUT2D eigenvalue weighted by Crippen LogP contribution is 1.98. The lowest BCUT2D eigenvalue weighted by Crippen LogP contribution is -2.01. The molecule has 0 spiro atoms. The molecule has 1 rings (SSSR count). The molecule has 0 aliphatic carbocycles. The van der Waals surface area contributed by atoms with Gasteiger partial charge in [-0.15, -0.1) is 0 Å². The lowest BCUT2D eigenvalue weighted by molar-refractivity contribution is 0.603. The van der Waals surface area contributed by atoms with E-state index >= 15 is 0 Å². The summed E-state index contributed by atoms with van der Waals surface area (Å²) < 4.78 is 22.8. The van der Waals surface area contributed by atoms with Crippen molar-refractivity contribution >= 4 is 9.84 Å². The number of sulfone groups is 1. The van der Waals surface area contributed by atoms with Gasteiger partial charge in [0, 0.05) is 10.8 Å². The zero-order valence-electron chi connectivity index (χ0n) is 8.73. The van der Waals surface area contributed by atoms with E-state index in [0.717, 1.165) is 12.0 Å². The van der Waals surface area contributed by atoms with Gasteiger partial charge in [0.1, 0.15) is 0 Å². The fourth-order valence-corrected chi connectivity index (χ4v) is 2.09. The molecule has 0 bridgehead atoms. The largest absolute Gasteiger partial charge is 0.217 e. The van der Waals surface area contributed by atoms with Crippen LogP contribution in [0.4, 0.5) is 0 Å². The van der Waals surface area contributed by atoms with Gasteiger partial charge >= 0.3 is 0 Å². The van der Waals surface area contributed by atoms with Crippen molar-refractivity contribution in [1.29, 1.82) is 0 Å². The average molecular weight is 222 g/mol. The van der Waals surface area contributed by atoms with Gasteiger partial charge in [-0.25, -0.2) is 8.42 Å². The van der Waals surface area contributed by atoms with E-state index in [1.807, 2.05) is 25.1 Å². The lowest BCUT2D eigenvalue weighted by Gasteiger charge is -1.92. The highest BCUT2D eigenvalue weighted by molar-refractivity contribution is 7.96. The van der Waals surface area contributed by atoms with E-state index in [1.165, 1.54) is 0 Å². The molecule has 0 aromatic heterocycles. The molecule has 1 aromatic rings. The Labute approximate surface area is 91.2 Å². The maximum absolute atomic E-state index is 11.4. The quantitative estimate of drug-likeness (QED) is 0.735. The van der Waals surface area contributed by atoms with Crippen molar-refractivity contribution in [2.75, 3.05) is 5.75 Å². The minimum Gasteiger partial charge on any atom is -0.215 e. The van der Waals surface area contributed by atoms with Gasteiger partial charge in [0.25, 0.3) is 0 Å². The first-order chi connectivity index (χ1) is 7.14. The number of unbranched alkanes of at least 4 members (excludes halogenated alkanes) is 1. The van der Waals surface area contributed by atoms with Gasteiger partial charge in [-0.2, -0.15) is 0 Å². The van der Waals surface area contributed by atoms with Crippen LogP contribution in [0.3, 0.4) is 0 Å².